The maximum absolute atomic E-state index is 13.9. The van der Waals surface area contributed by atoms with Crippen molar-refractivity contribution < 1.29 is 8.78 Å². The van der Waals surface area contributed by atoms with Crippen LogP contribution in [-0.4, -0.2) is 0 Å². The van der Waals surface area contributed by atoms with Crippen molar-refractivity contribution in [3.05, 3.63) is 68.1 Å². The lowest BCUT2D eigenvalue weighted by Crippen LogP contribution is -2.30. The molecule has 0 heterocycles. The second kappa shape index (κ2) is 6.09. The van der Waals surface area contributed by atoms with Crippen molar-refractivity contribution in [1.82, 2.24) is 5.43 Å². The number of hydrazine groups is 1. The Morgan fingerprint density at radius 3 is 2.16 bits per heavy atom. The molecule has 0 fully saturated rings. The Labute approximate surface area is 126 Å². The Hall–Kier alpha value is -0.820. The van der Waals surface area contributed by atoms with E-state index in [1.165, 1.54) is 12.1 Å². The van der Waals surface area contributed by atoms with Gasteiger partial charge in [0, 0.05) is 20.1 Å². The molecule has 0 saturated heterocycles. The van der Waals surface area contributed by atoms with Gasteiger partial charge in [0.05, 0.1) is 6.04 Å². The standard InChI is InChI=1S/C13H10Br2F2N2/c14-7-2-4-11(16)10(5-7)13(19-18)9-3-1-8(15)6-12(9)17/h1-6,13,19H,18H2. The van der Waals surface area contributed by atoms with Gasteiger partial charge in [-0.25, -0.2) is 14.2 Å². The minimum Gasteiger partial charge on any atom is -0.271 e. The van der Waals surface area contributed by atoms with Crippen LogP contribution >= 0.6 is 31.9 Å². The number of nitrogens with two attached hydrogens (primary N) is 1. The Balaban J connectivity index is 2.52. The lowest BCUT2D eigenvalue weighted by atomic mass is 9.98. The highest BCUT2D eigenvalue weighted by molar-refractivity contribution is 9.10. The van der Waals surface area contributed by atoms with Gasteiger partial charge in [-0.05, 0) is 30.3 Å². The molecule has 0 aliphatic rings. The van der Waals surface area contributed by atoms with Gasteiger partial charge >= 0.3 is 0 Å². The van der Waals surface area contributed by atoms with Gasteiger partial charge in [0.1, 0.15) is 11.6 Å². The first-order valence-electron chi connectivity index (χ1n) is 5.39. The minimum absolute atomic E-state index is 0.276. The van der Waals surface area contributed by atoms with E-state index in [9.17, 15) is 8.78 Å². The van der Waals surface area contributed by atoms with Crippen molar-refractivity contribution in [1.29, 1.82) is 0 Å². The zero-order valence-electron chi connectivity index (χ0n) is 9.63. The maximum atomic E-state index is 13.9. The monoisotopic (exact) mass is 390 g/mol. The second-order valence-corrected chi connectivity index (χ2v) is 5.76. The molecule has 100 valence electrons. The van der Waals surface area contributed by atoms with E-state index in [0.717, 1.165) is 0 Å². The van der Waals surface area contributed by atoms with E-state index in [1.54, 1.807) is 24.3 Å². The van der Waals surface area contributed by atoms with E-state index in [4.69, 9.17) is 5.84 Å². The van der Waals surface area contributed by atoms with E-state index in [2.05, 4.69) is 37.3 Å². The van der Waals surface area contributed by atoms with Gasteiger partial charge < -0.3 is 0 Å². The van der Waals surface area contributed by atoms with Crippen LogP contribution in [0.4, 0.5) is 8.78 Å². The SMILES string of the molecule is NNC(c1ccc(Br)cc1F)c1cc(Br)ccc1F. The second-order valence-electron chi connectivity index (χ2n) is 3.93. The zero-order valence-corrected chi connectivity index (χ0v) is 12.8. The van der Waals surface area contributed by atoms with E-state index in [-0.39, 0.29) is 11.1 Å². The summed E-state index contributed by atoms with van der Waals surface area (Å²) in [4.78, 5) is 0. The molecule has 2 nitrogen and oxygen atoms in total. The van der Waals surface area contributed by atoms with Crippen LogP contribution in [0.5, 0.6) is 0 Å². The predicted octanol–water partition coefficient (Wildman–Crippen LogP) is 4.04. The summed E-state index contributed by atoms with van der Waals surface area (Å²) in [6.45, 7) is 0. The van der Waals surface area contributed by atoms with E-state index >= 15 is 0 Å². The topological polar surface area (TPSA) is 38.0 Å². The third kappa shape index (κ3) is 3.20. The summed E-state index contributed by atoms with van der Waals surface area (Å²) in [6, 6.07) is 8.25. The zero-order chi connectivity index (χ0) is 14.0. The van der Waals surface area contributed by atoms with Gasteiger partial charge in [-0.3, -0.25) is 5.84 Å². The van der Waals surface area contributed by atoms with E-state index in [1.807, 2.05) is 0 Å². The van der Waals surface area contributed by atoms with Gasteiger partial charge in [0.15, 0.2) is 0 Å². The fourth-order valence-electron chi connectivity index (χ4n) is 1.82. The average Bonchev–Trinajstić information content (AvgIpc) is 2.36. The number of rotatable bonds is 3. The summed E-state index contributed by atoms with van der Waals surface area (Å²) in [5, 5.41) is 0. The lowest BCUT2D eigenvalue weighted by Gasteiger charge is -2.18. The molecule has 3 N–H and O–H groups in total. The highest BCUT2D eigenvalue weighted by atomic mass is 79.9. The predicted molar refractivity (Wildman–Crippen MR) is 77.4 cm³/mol. The fraction of sp³-hybridized carbons (Fsp3) is 0.0769. The molecule has 1 atom stereocenters. The molecule has 0 saturated carbocycles. The van der Waals surface area contributed by atoms with Crippen molar-refractivity contribution in [2.45, 2.75) is 6.04 Å². The molecule has 0 amide bonds. The van der Waals surface area contributed by atoms with Crippen LogP contribution in [0.15, 0.2) is 45.3 Å². The lowest BCUT2D eigenvalue weighted by molar-refractivity contribution is 0.530. The molecule has 1 unspecified atom stereocenters. The highest BCUT2D eigenvalue weighted by Crippen LogP contribution is 2.29. The largest absolute Gasteiger partial charge is 0.271 e. The van der Waals surface area contributed by atoms with E-state index < -0.39 is 17.7 Å². The summed E-state index contributed by atoms with van der Waals surface area (Å²) in [6.07, 6.45) is 0. The molecule has 0 spiro atoms. The first-order chi connectivity index (χ1) is 9.02. The van der Waals surface area contributed by atoms with Crippen LogP contribution in [0, 0.1) is 11.6 Å². The average molecular weight is 392 g/mol. The van der Waals surface area contributed by atoms with Crippen LogP contribution in [-0.2, 0) is 0 Å². The Bertz CT molecular complexity index is 605. The Kier molecular flexibility index (Phi) is 4.67. The van der Waals surface area contributed by atoms with Gasteiger partial charge in [0.2, 0.25) is 0 Å². The summed E-state index contributed by atoms with van der Waals surface area (Å²) in [5.41, 5.74) is 3.00. The number of hydrogen-bond acceptors (Lipinski definition) is 2. The summed E-state index contributed by atoms with van der Waals surface area (Å²) in [7, 11) is 0. The van der Waals surface area contributed by atoms with Crippen molar-refractivity contribution in [3.8, 4) is 0 Å². The Morgan fingerprint density at radius 1 is 0.895 bits per heavy atom. The molecule has 0 bridgehead atoms. The van der Waals surface area contributed by atoms with Crippen LogP contribution in [0.2, 0.25) is 0 Å². The van der Waals surface area contributed by atoms with Crippen LogP contribution in [0.1, 0.15) is 17.2 Å². The van der Waals surface area contributed by atoms with Gasteiger partial charge in [0.25, 0.3) is 0 Å². The molecule has 0 aliphatic heterocycles. The molecule has 0 aromatic heterocycles. The van der Waals surface area contributed by atoms with E-state index in [0.29, 0.717) is 8.95 Å². The van der Waals surface area contributed by atoms with Gasteiger partial charge in [-0.15, -0.1) is 0 Å². The third-order valence-corrected chi connectivity index (χ3v) is 3.70. The van der Waals surface area contributed by atoms with Crippen molar-refractivity contribution >= 4 is 31.9 Å². The molecule has 2 aromatic rings. The van der Waals surface area contributed by atoms with Gasteiger partial charge in [-0.1, -0.05) is 37.9 Å². The molecule has 0 radical (unpaired) electrons. The first kappa shape index (κ1) is 14.6. The Morgan fingerprint density at radius 2 is 1.53 bits per heavy atom. The number of benzene rings is 2. The molecule has 2 rings (SSSR count). The maximum Gasteiger partial charge on any atom is 0.129 e. The van der Waals surface area contributed by atoms with Gasteiger partial charge in [-0.2, -0.15) is 0 Å². The molecular weight excluding hydrogens is 382 g/mol. The third-order valence-electron chi connectivity index (χ3n) is 2.71. The molecule has 6 heteroatoms. The summed E-state index contributed by atoms with van der Waals surface area (Å²) >= 11 is 6.44. The summed E-state index contributed by atoms with van der Waals surface area (Å²) < 4.78 is 29.1. The van der Waals surface area contributed by atoms with Crippen molar-refractivity contribution in [3.63, 3.8) is 0 Å². The molecule has 0 aliphatic carbocycles. The smallest absolute Gasteiger partial charge is 0.129 e. The molecule has 19 heavy (non-hydrogen) atoms. The normalized spacial score (nSPS) is 12.5. The highest BCUT2D eigenvalue weighted by Gasteiger charge is 2.20. The van der Waals surface area contributed by atoms with Crippen LogP contribution < -0.4 is 11.3 Å². The van der Waals surface area contributed by atoms with Crippen LogP contribution in [0.3, 0.4) is 0 Å². The number of nitrogens with one attached hydrogen (secondary N) is 1. The molecular formula is C13H10Br2F2N2. The van der Waals surface area contributed by atoms with Crippen molar-refractivity contribution in [2.75, 3.05) is 0 Å². The first-order valence-corrected chi connectivity index (χ1v) is 6.97. The molecule has 2 aromatic carbocycles. The number of hydrogen-bond donors (Lipinski definition) is 2. The van der Waals surface area contributed by atoms with Crippen LogP contribution in [0.25, 0.3) is 0 Å². The summed E-state index contributed by atoms with van der Waals surface area (Å²) in [5.74, 6) is 4.54. The fourth-order valence-corrected chi connectivity index (χ4v) is 2.53. The van der Waals surface area contributed by atoms with Crippen molar-refractivity contribution in [2.24, 2.45) is 5.84 Å². The quantitative estimate of drug-likeness (QED) is 0.612. The minimum atomic E-state index is -0.759. The number of halogens is 4.